The normalized spacial score (nSPS) is 16.7. The molecule has 24 heavy (non-hydrogen) atoms. The van der Waals surface area contributed by atoms with E-state index in [9.17, 15) is 9.18 Å². The van der Waals surface area contributed by atoms with Gasteiger partial charge in [-0.15, -0.1) is 0 Å². The van der Waals surface area contributed by atoms with E-state index in [-0.39, 0.29) is 17.8 Å². The standard InChI is InChI=1S/C19H16FN3O/c20-16-7-5-14(6-8-16)18-9-12-22(18)19(24)15-3-1-4-17(13-15)23-11-2-10-21-23/h1-8,10-11,13,18H,9,12H2. The van der Waals surface area contributed by atoms with Crippen molar-refractivity contribution in [2.45, 2.75) is 12.5 Å². The minimum Gasteiger partial charge on any atom is -0.331 e. The maximum Gasteiger partial charge on any atom is 0.254 e. The van der Waals surface area contributed by atoms with E-state index in [1.807, 2.05) is 41.4 Å². The zero-order valence-corrected chi connectivity index (χ0v) is 13.0. The van der Waals surface area contributed by atoms with Crippen LogP contribution in [0, 0.1) is 5.82 Å². The molecule has 0 saturated carbocycles. The number of hydrogen-bond acceptors (Lipinski definition) is 2. The van der Waals surface area contributed by atoms with Crippen molar-refractivity contribution in [3.63, 3.8) is 0 Å². The molecule has 1 aliphatic rings. The summed E-state index contributed by atoms with van der Waals surface area (Å²) < 4.78 is 14.8. The average molecular weight is 321 g/mol. The van der Waals surface area contributed by atoms with Gasteiger partial charge in [0.15, 0.2) is 0 Å². The van der Waals surface area contributed by atoms with Gasteiger partial charge in [0, 0.05) is 24.5 Å². The highest BCUT2D eigenvalue weighted by Crippen LogP contribution is 2.34. The van der Waals surface area contributed by atoms with Crippen LogP contribution in [0.5, 0.6) is 0 Å². The number of carbonyl (C=O) groups is 1. The molecule has 1 saturated heterocycles. The second kappa shape index (κ2) is 5.92. The summed E-state index contributed by atoms with van der Waals surface area (Å²) in [6.07, 6.45) is 4.44. The van der Waals surface area contributed by atoms with Gasteiger partial charge >= 0.3 is 0 Å². The van der Waals surface area contributed by atoms with E-state index >= 15 is 0 Å². The van der Waals surface area contributed by atoms with E-state index in [0.29, 0.717) is 12.1 Å². The number of likely N-dealkylation sites (tertiary alicyclic amines) is 1. The van der Waals surface area contributed by atoms with Gasteiger partial charge in [-0.2, -0.15) is 5.10 Å². The smallest absolute Gasteiger partial charge is 0.254 e. The molecule has 0 bridgehead atoms. The molecule has 1 unspecified atom stereocenters. The number of rotatable bonds is 3. The molecule has 1 fully saturated rings. The number of benzene rings is 2. The van der Waals surface area contributed by atoms with Crippen LogP contribution in [0.2, 0.25) is 0 Å². The molecule has 1 aliphatic heterocycles. The predicted molar refractivity (Wildman–Crippen MR) is 88.4 cm³/mol. The summed E-state index contributed by atoms with van der Waals surface area (Å²) >= 11 is 0. The summed E-state index contributed by atoms with van der Waals surface area (Å²) in [6.45, 7) is 0.715. The first-order chi connectivity index (χ1) is 11.7. The van der Waals surface area contributed by atoms with Crippen LogP contribution in [-0.2, 0) is 0 Å². The van der Waals surface area contributed by atoms with Crippen LogP contribution in [0.25, 0.3) is 5.69 Å². The van der Waals surface area contributed by atoms with Crippen molar-refractivity contribution in [1.82, 2.24) is 14.7 Å². The van der Waals surface area contributed by atoms with Crippen LogP contribution in [0.1, 0.15) is 28.4 Å². The minimum atomic E-state index is -0.261. The quantitative estimate of drug-likeness (QED) is 0.739. The molecule has 2 heterocycles. The van der Waals surface area contributed by atoms with Crippen molar-refractivity contribution in [2.24, 2.45) is 0 Å². The Morgan fingerprint density at radius 1 is 1.12 bits per heavy atom. The fourth-order valence-corrected chi connectivity index (χ4v) is 3.03. The lowest BCUT2D eigenvalue weighted by atomic mass is 9.93. The average Bonchev–Trinajstić information content (AvgIpc) is 3.10. The van der Waals surface area contributed by atoms with Gasteiger partial charge in [-0.3, -0.25) is 4.79 Å². The van der Waals surface area contributed by atoms with Crippen molar-refractivity contribution in [2.75, 3.05) is 6.54 Å². The minimum absolute atomic E-state index is 0.00965. The second-order valence-corrected chi connectivity index (χ2v) is 5.86. The molecule has 1 amide bonds. The molecule has 0 radical (unpaired) electrons. The maximum atomic E-state index is 13.1. The molecular weight excluding hydrogens is 305 g/mol. The third kappa shape index (κ3) is 2.58. The first kappa shape index (κ1) is 14.6. The Bertz CT molecular complexity index is 859. The maximum absolute atomic E-state index is 13.1. The van der Waals surface area contributed by atoms with Crippen LogP contribution in [0.15, 0.2) is 67.0 Å². The largest absolute Gasteiger partial charge is 0.331 e. The first-order valence-electron chi connectivity index (χ1n) is 7.89. The third-order valence-corrected chi connectivity index (χ3v) is 4.40. The summed E-state index contributed by atoms with van der Waals surface area (Å²) in [5, 5.41) is 4.19. The fraction of sp³-hybridized carbons (Fsp3) is 0.158. The number of hydrogen-bond donors (Lipinski definition) is 0. The number of carbonyl (C=O) groups excluding carboxylic acids is 1. The fourth-order valence-electron chi connectivity index (χ4n) is 3.03. The second-order valence-electron chi connectivity index (χ2n) is 5.86. The van der Waals surface area contributed by atoms with Crippen LogP contribution in [-0.4, -0.2) is 27.1 Å². The number of amides is 1. The number of aromatic nitrogens is 2. The van der Waals surface area contributed by atoms with Gasteiger partial charge in [0.05, 0.1) is 11.7 Å². The van der Waals surface area contributed by atoms with E-state index < -0.39 is 0 Å². The predicted octanol–water partition coefficient (Wildman–Crippen LogP) is 3.60. The summed E-state index contributed by atoms with van der Waals surface area (Å²) in [7, 11) is 0. The van der Waals surface area contributed by atoms with E-state index in [2.05, 4.69) is 5.10 Å². The van der Waals surface area contributed by atoms with E-state index in [1.54, 1.807) is 23.0 Å². The summed E-state index contributed by atoms with van der Waals surface area (Å²) in [5.41, 5.74) is 2.46. The Kier molecular flexibility index (Phi) is 3.61. The Morgan fingerprint density at radius 2 is 1.96 bits per heavy atom. The van der Waals surface area contributed by atoms with Crippen LogP contribution >= 0.6 is 0 Å². The number of nitrogens with zero attached hydrogens (tertiary/aromatic N) is 3. The highest BCUT2D eigenvalue weighted by molar-refractivity contribution is 5.95. The lowest BCUT2D eigenvalue weighted by Crippen LogP contribution is -2.45. The molecular formula is C19H16FN3O. The van der Waals surface area contributed by atoms with Crippen LogP contribution in [0.3, 0.4) is 0 Å². The highest BCUT2D eigenvalue weighted by Gasteiger charge is 2.33. The molecule has 0 N–H and O–H groups in total. The zero-order valence-electron chi connectivity index (χ0n) is 13.0. The molecule has 1 aromatic heterocycles. The Hall–Kier alpha value is -2.95. The highest BCUT2D eigenvalue weighted by atomic mass is 19.1. The summed E-state index contributed by atoms with van der Waals surface area (Å²) in [4.78, 5) is 14.7. The van der Waals surface area contributed by atoms with Crippen molar-refractivity contribution in [3.8, 4) is 5.69 Å². The van der Waals surface area contributed by atoms with Gasteiger partial charge in [0.1, 0.15) is 5.82 Å². The van der Waals surface area contributed by atoms with E-state index in [4.69, 9.17) is 0 Å². The Morgan fingerprint density at radius 3 is 2.62 bits per heavy atom. The van der Waals surface area contributed by atoms with Crippen LogP contribution < -0.4 is 0 Å². The van der Waals surface area contributed by atoms with Crippen molar-refractivity contribution in [1.29, 1.82) is 0 Å². The van der Waals surface area contributed by atoms with Crippen molar-refractivity contribution >= 4 is 5.91 Å². The first-order valence-corrected chi connectivity index (χ1v) is 7.89. The van der Waals surface area contributed by atoms with Gasteiger partial charge in [0.25, 0.3) is 5.91 Å². The molecule has 0 aliphatic carbocycles. The molecule has 120 valence electrons. The Labute approximate surface area is 139 Å². The Balaban J connectivity index is 1.58. The van der Waals surface area contributed by atoms with Gasteiger partial charge in [-0.1, -0.05) is 18.2 Å². The molecule has 4 nitrogen and oxygen atoms in total. The third-order valence-electron chi connectivity index (χ3n) is 4.40. The SMILES string of the molecule is O=C(c1cccc(-n2cccn2)c1)N1CCC1c1ccc(F)cc1. The van der Waals surface area contributed by atoms with E-state index in [1.165, 1.54) is 12.1 Å². The van der Waals surface area contributed by atoms with Crippen LogP contribution in [0.4, 0.5) is 4.39 Å². The molecule has 1 atom stereocenters. The van der Waals surface area contributed by atoms with Crippen molar-refractivity contribution in [3.05, 3.63) is 83.9 Å². The zero-order chi connectivity index (χ0) is 16.5. The molecule has 0 spiro atoms. The van der Waals surface area contributed by atoms with Gasteiger partial charge in [-0.05, 0) is 48.4 Å². The molecule has 4 rings (SSSR count). The lowest BCUT2D eigenvalue weighted by Gasteiger charge is -2.41. The van der Waals surface area contributed by atoms with Gasteiger partial charge in [-0.25, -0.2) is 9.07 Å². The topological polar surface area (TPSA) is 38.1 Å². The summed E-state index contributed by atoms with van der Waals surface area (Å²) in [6, 6.07) is 15.7. The van der Waals surface area contributed by atoms with Crippen molar-refractivity contribution < 1.29 is 9.18 Å². The monoisotopic (exact) mass is 321 g/mol. The summed E-state index contributed by atoms with van der Waals surface area (Å²) in [5.74, 6) is -0.271. The molecule has 5 heteroatoms. The molecule has 2 aromatic carbocycles. The lowest BCUT2D eigenvalue weighted by molar-refractivity contribution is 0.0460. The van der Waals surface area contributed by atoms with Gasteiger partial charge in [0.2, 0.25) is 0 Å². The van der Waals surface area contributed by atoms with E-state index in [0.717, 1.165) is 17.7 Å². The van der Waals surface area contributed by atoms with Gasteiger partial charge < -0.3 is 4.90 Å². The molecule has 3 aromatic rings. The number of halogens is 1.